The van der Waals surface area contributed by atoms with Crippen LogP contribution < -0.4 is 4.74 Å². The highest BCUT2D eigenvalue weighted by Crippen LogP contribution is 2.29. The van der Waals surface area contributed by atoms with Crippen LogP contribution in [0.15, 0.2) is 12.1 Å². The van der Waals surface area contributed by atoms with Gasteiger partial charge in [-0.1, -0.05) is 19.9 Å². The van der Waals surface area contributed by atoms with Crippen molar-refractivity contribution in [2.45, 2.75) is 53.4 Å². The molecule has 0 spiro atoms. The smallest absolute Gasteiger partial charge is 0.122 e. The first-order valence-corrected chi connectivity index (χ1v) is 6.73. The minimum atomic E-state index is 0.483. The highest BCUT2D eigenvalue weighted by atomic mass is 16.5. The Morgan fingerprint density at radius 3 is 2.56 bits per heavy atom. The summed E-state index contributed by atoms with van der Waals surface area (Å²) in [4.78, 5) is 0. The molecular formula is C17H24O. The lowest BCUT2D eigenvalue weighted by Gasteiger charge is -2.16. The van der Waals surface area contributed by atoms with Crippen LogP contribution in [0.2, 0.25) is 0 Å². The van der Waals surface area contributed by atoms with Gasteiger partial charge in [0.1, 0.15) is 5.75 Å². The van der Waals surface area contributed by atoms with E-state index in [4.69, 9.17) is 4.74 Å². The molecule has 0 saturated carbocycles. The fraction of sp³-hybridized carbons (Fsp3) is 0.529. The van der Waals surface area contributed by atoms with Crippen molar-refractivity contribution in [1.82, 2.24) is 0 Å². The summed E-state index contributed by atoms with van der Waals surface area (Å²) < 4.78 is 5.75. The second-order valence-corrected chi connectivity index (χ2v) is 4.85. The summed E-state index contributed by atoms with van der Waals surface area (Å²) >= 11 is 0. The topological polar surface area (TPSA) is 9.23 Å². The van der Waals surface area contributed by atoms with E-state index in [1.54, 1.807) is 0 Å². The van der Waals surface area contributed by atoms with E-state index in [9.17, 15) is 0 Å². The quantitative estimate of drug-likeness (QED) is 0.687. The van der Waals surface area contributed by atoms with Crippen molar-refractivity contribution in [3.8, 4) is 17.6 Å². The summed E-state index contributed by atoms with van der Waals surface area (Å²) in [7, 11) is 0. The van der Waals surface area contributed by atoms with E-state index in [2.05, 4.69) is 51.7 Å². The number of hydrogen-bond acceptors (Lipinski definition) is 1. The summed E-state index contributed by atoms with van der Waals surface area (Å²) in [6, 6.07) is 4.42. The van der Waals surface area contributed by atoms with Gasteiger partial charge in [-0.25, -0.2) is 0 Å². The Balaban J connectivity index is 2.94. The van der Waals surface area contributed by atoms with Gasteiger partial charge in [0.05, 0.1) is 6.61 Å². The zero-order valence-electron chi connectivity index (χ0n) is 12.3. The lowest BCUT2D eigenvalue weighted by atomic mass is 9.92. The first kappa shape index (κ1) is 14.6. The van der Waals surface area contributed by atoms with Gasteiger partial charge in [0.15, 0.2) is 0 Å². The maximum atomic E-state index is 5.75. The predicted octanol–water partition coefficient (Wildman–Crippen LogP) is 4.61. The number of hydrogen-bond donors (Lipinski definition) is 0. The largest absolute Gasteiger partial charge is 0.493 e. The molecule has 1 nitrogen and oxygen atoms in total. The molecule has 0 saturated heterocycles. The van der Waals surface area contributed by atoms with Gasteiger partial charge < -0.3 is 4.74 Å². The third kappa shape index (κ3) is 3.81. The molecule has 1 rings (SSSR count). The summed E-state index contributed by atoms with van der Waals surface area (Å²) in [6.45, 7) is 11.3. The Morgan fingerprint density at radius 1 is 1.22 bits per heavy atom. The first-order chi connectivity index (χ1) is 8.60. The summed E-state index contributed by atoms with van der Waals surface area (Å²) in [5.41, 5.74) is 3.91. The fourth-order valence-corrected chi connectivity index (χ4v) is 2.08. The Morgan fingerprint density at radius 2 is 1.94 bits per heavy atom. The van der Waals surface area contributed by atoms with Crippen LogP contribution in [0.25, 0.3) is 0 Å². The predicted molar refractivity (Wildman–Crippen MR) is 78.2 cm³/mol. The zero-order chi connectivity index (χ0) is 13.5. The van der Waals surface area contributed by atoms with Crippen molar-refractivity contribution in [3.05, 3.63) is 28.8 Å². The molecule has 0 heterocycles. The monoisotopic (exact) mass is 244 g/mol. The molecule has 18 heavy (non-hydrogen) atoms. The second-order valence-electron chi connectivity index (χ2n) is 4.85. The molecule has 0 bridgehead atoms. The van der Waals surface area contributed by atoms with E-state index in [-0.39, 0.29) is 0 Å². The van der Waals surface area contributed by atoms with Crippen molar-refractivity contribution in [2.24, 2.45) is 0 Å². The fourth-order valence-electron chi connectivity index (χ4n) is 2.08. The Bertz CT molecular complexity index is 449. The molecule has 98 valence electrons. The molecule has 0 radical (unpaired) electrons. The molecule has 1 unspecified atom stereocenters. The van der Waals surface area contributed by atoms with E-state index in [1.807, 2.05) is 6.92 Å². The molecule has 0 amide bonds. The number of benzene rings is 1. The van der Waals surface area contributed by atoms with Crippen LogP contribution in [0, 0.1) is 25.7 Å². The molecule has 0 fully saturated rings. The minimum absolute atomic E-state index is 0.483. The van der Waals surface area contributed by atoms with Crippen LogP contribution in [0.3, 0.4) is 0 Å². The number of rotatable bonds is 5. The molecule has 1 aromatic rings. The van der Waals surface area contributed by atoms with Crippen LogP contribution in [0.4, 0.5) is 0 Å². The number of aryl methyl sites for hydroxylation is 2. The zero-order valence-corrected chi connectivity index (χ0v) is 12.3. The average Bonchev–Trinajstić information content (AvgIpc) is 2.36. The van der Waals surface area contributed by atoms with Crippen molar-refractivity contribution < 1.29 is 4.74 Å². The van der Waals surface area contributed by atoms with Gasteiger partial charge in [0.25, 0.3) is 0 Å². The summed E-state index contributed by atoms with van der Waals surface area (Å²) in [6.07, 6.45) is 1.97. The molecular weight excluding hydrogens is 220 g/mol. The van der Waals surface area contributed by atoms with Crippen molar-refractivity contribution in [2.75, 3.05) is 6.61 Å². The number of ether oxygens (including phenoxy) is 1. The van der Waals surface area contributed by atoms with Crippen LogP contribution >= 0.6 is 0 Å². The standard InChI is InChI=1S/C17H24O/c1-6-8-9-13(3)16-11-15(5)17(12-14(16)4)18-10-7-2/h11-13H,7,9-10H2,1-5H3. The minimum Gasteiger partial charge on any atom is -0.493 e. The van der Waals surface area contributed by atoms with E-state index in [1.165, 1.54) is 16.7 Å². The molecule has 0 aliphatic carbocycles. The van der Waals surface area contributed by atoms with Crippen LogP contribution in [0.1, 0.15) is 56.2 Å². The van der Waals surface area contributed by atoms with E-state index < -0.39 is 0 Å². The lowest BCUT2D eigenvalue weighted by molar-refractivity contribution is 0.315. The normalized spacial score (nSPS) is 11.6. The molecule has 1 heteroatoms. The summed E-state index contributed by atoms with van der Waals surface area (Å²) in [5, 5.41) is 0. The van der Waals surface area contributed by atoms with E-state index in [0.29, 0.717) is 5.92 Å². The highest BCUT2D eigenvalue weighted by molar-refractivity contribution is 5.43. The second kappa shape index (κ2) is 7.11. The van der Waals surface area contributed by atoms with Crippen molar-refractivity contribution >= 4 is 0 Å². The Hall–Kier alpha value is -1.42. The average molecular weight is 244 g/mol. The molecule has 1 aromatic carbocycles. The Labute approximate surface area is 112 Å². The SMILES string of the molecule is CC#CCC(C)c1cc(C)c(OCCC)cc1C. The van der Waals surface area contributed by atoms with Gasteiger partial charge in [0.2, 0.25) is 0 Å². The highest BCUT2D eigenvalue weighted by Gasteiger charge is 2.11. The maximum Gasteiger partial charge on any atom is 0.122 e. The van der Waals surface area contributed by atoms with E-state index >= 15 is 0 Å². The third-order valence-electron chi connectivity index (χ3n) is 3.14. The van der Waals surface area contributed by atoms with Gasteiger partial charge in [-0.05, 0) is 55.9 Å². The van der Waals surface area contributed by atoms with Gasteiger partial charge >= 0.3 is 0 Å². The summed E-state index contributed by atoms with van der Waals surface area (Å²) in [5.74, 6) is 7.63. The molecule has 0 N–H and O–H groups in total. The maximum absolute atomic E-state index is 5.75. The molecule has 0 aromatic heterocycles. The van der Waals surface area contributed by atoms with Crippen LogP contribution in [-0.2, 0) is 0 Å². The van der Waals surface area contributed by atoms with Crippen molar-refractivity contribution in [1.29, 1.82) is 0 Å². The molecule has 0 aliphatic rings. The van der Waals surface area contributed by atoms with Crippen LogP contribution in [0.5, 0.6) is 5.75 Å². The first-order valence-electron chi connectivity index (χ1n) is 6.73. The van der Waals surface area contributed by atoms with Gasteiger partial charge in [-0.2, -0.15) is 0 Å². The van der Waals surface area contributed by atoms with Crippen LogP contribution in [-0.4, -0.2) is 6.61 Å². The van der Waals surface area contributed by atoms with E-state index in [0.717, 1.165) is 25.2 Å². The third-order valence-corrected chi connectivity index (χ3v) is 3.14. The van der Waals surface area contributed by atoms with Crippen molar-refractivity contribution in [3.63, 3.8) is 0 Å². The van der Waals surface area contributed by atoms with Gasteiger partial charge in [-0.15, -0.1) is 11.8 Å². The Kier molecular flexibility index (Phi) is 5.78. The molecule has 0 aliphatic heterocycles. The lowest BCUT2D eigenvalue weighted by Crippen LogP contribution is -2.01. The van der Waals surface area contributed by atoms with Gasteiger partial charge in [0, 0.05) is 6.42 Å². The molecule has 1 atom stereocenters. The van der Waals surface area contributed by atoms with Gasteiger partial charge in [-0.3, -0.25) is 0 Å².